The summed E-state index contributed by atoms with van der Waals surface area (Å²) in [6.45, 7) is 2.33. The second-order valence-electron chi connectivity index (χ2n) is 7.64. The molecule has 166 valence electrons. The average Bonchev–Trinajstić information content (AvgIpc) is 3.30. The SMILES string of the molecule is O=C(CN(CCO)Cc1cc(Br)ccc1F)NCc1ccc(C(=O)N2CCCC2)cc1. The average molecular weight is 492 g/mol. The first-order chi connectivity index (χ1) is 15.0. The zero-order valence-electron chi connectivity index (χ0n) is 17.3. The van der Waals surface area contributed by atoms with Gasteiger partial charge in [0.1, 0.15) is 5.82 Å². The zero-order chi connectivity index (χ0) is 22.2. The lowest BCUT2D eigenvalue weighted by Gasteiger charge is -2.21. The first-order valence-electron chi connectivity index (χ1n) is 10.4. The molecule has 2 aromatic carbocycles. The number of aliphatic hydroxyl groups excluding tert-OH is 1. The van der Waals surface area contributed by atoms with Crippen molar-refractivity contribution in [2.75, 3.05) is 32.8 Å². The minimum Gasteiger partial charge on any atom is -0.395 e. The van der Waals surface area contributed by atoms with E-state index in [2.05, 4.69) is 21.2 Å². The van der Waals surface area contributed by atoms with Gasteiger partial charge in [-0.1, -0.05) is 28.1 Å². The molecule has 31 heavy (non-hydrogen) atoms. The van der Waals surface area contributed by atoms with Gasteiger partial charge in [0.15, 0.2) is 0 Å². The Morgan fingerprint density at radius 2 is 1.84 bits per heavy atom. The third kappa shape index (κ3) is 6.85. The third-order valence-electron chi connectivity index (χ3n) is 5.27. The number of carbonyl (C=O) groups excluding carboxylic acids is 2. The highest BCUT2D eigenvalue weighted by Gasteiger charge is 2.19. The summed E-state index contributed by atoms with van der Waals surface area (Å²) in [7, 11) is 0. The van der Waals surface area contributed by atoms with Crippen LogP contribution >= 0.6 is 15.9 Å². The van der Waals surface area contributed by atoms with Gasteiger partial charge in [-0.3, -0.25) is 14.5 Å². The Bertz CT molecular complexity index is 901. The van der Waals surface area contributed by atoms with Gasteiger partial charge in [0.2, 0.25) is 5.91 Å². The zero-order valence-corrected chi connectivity index (χ0v) is 18.9. The van der Waals surface area contributed by atoms with Crippen LogP contribution in [0.2, 0.25) is 0 Å². The van der Waals surface area contributed by atoms with E-state index in [-0.39, 0.29) is 43.9 Å². The Morgan fingerprint density at radius 1 is 1.13 bits per heavy atom. The number of carbonyl (C=O) groups is 2. The predicted molar refractivity (Wildman–Crippen MR) is 120 cm³/mol. The summed E-state index contributed by atoms with van der Waals surface area (Å²) in [6, 6.07) is 11.9. The van der Waals surface area contributed by atoms with Gasteiger partial charge in [0.25, 0.3) is 5.91 Å². The molecule has 0 radical (unpaired) electrons. The maximum atomic E-state index is 14.0. The van der Waals surface area contributed by atoms with Gasteiger partial charge in [-0.2, -0.15) is 0 Å². The first-order valence-corrected chi connectivity index (χ1v) is 11.2. The van der Waals surface area contributed by atoms with Gasteiger partial charge < -0.3 is 15.3 Å². The van der Waals surface area contributed by atoms with Crippen molar-refractivity contribution >= 4 is 27.7 Å². The molecule has 3 rings (SSSR count). The summed E-state index contributed by atoms with van der Waals surface area (Å²) in [5.41, 5.74) is 1.99. The molecular formula is C23H27BrFN3O3. The molecule has 1 fully saturated rings. The highest BCUT2D eigenvalue weighted by atomic mass is 79.9. The van der Waals surface area contributed by atoms with E-state index in [9.17, 15) is 19.1 Å². The molecule has 2 aromatic rings. The second kappa shape index (κ2) is 11.4. The molecule has 0 atom stereocenters. The second-order valence-corrected chi connectivity index (χ2v) is 8.56. The van der Waals surface area contributed by atoms with Crippen LogP contribution in [0.25, 0.3) is 0 Å². The Labute approximate surface area is 190 Å². The summed E-state index contributed by atoms with van der Waals surface area (Å²) < 4.78 is 14.8. The molecular weight excluding hydrogens is 465 g/mol. The molecule has 0 bridgehead atoms. The summed E-state index contributed by atoms with van der Waals surface area (Å²) in [6.07, 6.45) is 2.11. The van der Waals surface area contributed by atoms with E-state index in [4.69, 9.17) is 0 Å². The van der Waals surface area contributed by atoms with E-state index in [0.29, 0.717) is 17.7 Å². The molecule has 1 heterocycles. The van der Waals surface area contributed by atoms with Crippen molar-refractivity contribution in [3.05, 3.63) is 69.4 Å². The molecule has 1 saturated heterocycles. The minimum absolute atomic E-state index is 0.0397. The van der Waals surface area contributed by atoms with Crippen LogP contribution in [0.4, 0.5) is 4.39 Å². The fourth-order valence-electron chi connectivity index (χ4n) is 3.59. The monoisotopic (exact) mass is 491 g/mol. The molecule has 0 unspecified atom stereocenters. The van der Waals surface area contributed by atoms with Crippen molar-refractivity contribution in [2.45, 2.75) is 25.9 Å². The molecule has 6 nitrogen and oxygen atoms in total. The maximum Gasteiger partial charge on any atom is 0.253 e. The van der Waals surface area contributed by atoms with Crippen LogP contribution in [-0.2, 0) is 17.9 Å². The quantitative estimate of drug-likeness (QED) is 0.565. The minimum atomic E-state index is -0.352. The standard InChI is InChI=1S/C23H27BrFN3O3/c24-20-7-8-21(25)19(13-20)15-27(11-12-29)16-22(30)26-14-17-3-5-18(6-4-17)23(31)28-9-1-2-10-28/h3-8,13,29H,1-2,9-12,14-16H2,(H,26,30). The summed E-state index contributed by atoms with van der Waals surface area (Å²) in [5.74, 6) is -0.524. The van der Waals surface area contributed by atoms with Gasteiger partial charge in [0.05, 0.1) is 13.2 Å². The van der Waals surface area contributed by atoms with Crippen LogP contribution in [0.3, 0.4) is 0 Å². The van der Waals surface area contributed by atoms with Crippen LogP contribution in [0.1, 0.15) is 34.3 Å². The van der Waals surface area contributed by atoms with E-state index in [0.717, 1.165) is 36.0 Å². The van der Waals surface area contributed by atoms with Gasteiger partial charge in [-0.25, -0.2) is 4.39 Å². The highest BCUT2D eigenvalue weighted by molar-refractivity contribution is 9.10. The number of aliphatic hydroxyl groups is 1. The summed E-state index contributed by atoms with van der Waals surface area (Å²) >= 11 is 3.32. The molecule has 1 aliphatic rings. The Morgan fingerprint density at radius 3 is 2.52 bits per heavy atom. The van der Waals surface area contributed by atoms with Crippen molar-refractivity contribution in [1.82, 2.24) is 15.1 Å². The van der Waals surface area contributed by atoms with Crippen molar-refractivity contribution in [1.29, 1.82) is 0 Å². The van der Waals surface area contributed by atoms with Crippen LogP contribution in [0, 0.1) is 5.82 Å². The van der Waals surface area contributed by atoms with E-state index in [1.165, 1.54) is 6.07 Å². The van der Waals surface area contributed by atoms with Crippen molar-refractivity contribution in [2.24, 2.45) is 0 Å². The number of nitrogens with zero attached hydrogens (tertiary/aromatic N) is 2. The van der Waals surface area contributed by atoms with E-state index in [1.807, 2.05) is 17.0 Å². The highest BCUT2D eigenvalue weighted by Crippen LogP contribution is 2.17. The molecule has 0 aliphatic carbocycles. The predicted octanol–water partition coefficient (Wildman–Crippen LogP) is 2.93. The van der Waals surface area contributed by atoms with E-state index < -0.39 is 0 Å². The lowest BCUT2D eigenvalue weighted by Crippen LogP contribution is -2.38. The third-order valence-corrected chi connectivity index (χ3v) is 5.76. The van der Waals surface area contributed by atoms with Crippen LogP contribution < -0.4 is 5.32 Å². The van der Waals surface area contributed by atoms with E-state index in [1.54, 1.807) is 29.2 Å². The van der Waals surface area contributed by atoms with Crippen LogP contribution in [0.15, 0.2) is 46.9 Å². The van der Waals surface area contributed by atoms with Gasteiger partial charge >= 0.3 is 0 Å². The fraction of sp³-hybridized carbons (Fsp3) is 0.391. The van der Waals surface area contributed by atoms with Gasteiger partial charge in [-0.05, 0) is 48.7 Å². The topological polar surface area (TPSA) is 72.9 Å². The Balaban J connectivity index is 1.51. The molecule has 0 saturated carbocycles. The number of rotatable bonds is 9. The number of benzene rings is 2. The van der Waals surface area contributed by atoms with Crippen molar-refractivity contribution < 1.29 is 19.1 Å². The Kier molecular flexibility index (Phi) is 8.57. The number of halogens is 2. The largest absolute Gasteiger partial charge is 0.395 e. The van der Waals surface area contributed by atoms with E-state index >= 15 is 0 Å². The molecule has 0 spiro atoms. The normalized spacial score (nSPS) is 13.6. The lowest BCUT2D eigenvalue weighted by molar-refractivity contribution is -0.122. The lowest BCUT2D eigenvalue weighted by atomic mass is 10.1. The van der Waals surface area contributed by atoms with Crippen LogP contribution in [-0.4, -0.2) is 59.5 Å². The molecule has 1 aliphatic heterocycles. The smallest absolute Gasteiger partial charge is 0.253 e. The molecule has 2 N–H and O–H groups in total. The van der Waals surface area contributed by atoms with Gasteiger partial charge in [0, 0.05) is 48.3 Å². The van der Waals surface area contributed by atoms with Gasteiger partial charge in [-0.15, -0.1) is 0 Å². The molecule has 0 aromatic heterocycles. The number of nitrogens with one attached hydrogen (secondary N) is 1. The van der Waals surface area contributed by atoms with Crippen LogP contribution in [0.5, 0.6) is 0 Å². The van der Waals surface area contributed by atoms with Crippen molar-refractivity contribution in [3.8, 4) is 0 Å². The summed E-state index contributed by atoms with van der Waals surface area (Å²) in [5, 5.41) is 12.1. The number of likely N-dealkylation sites (tertiary alicyclic amines) is 1. The maximum absolute atomic E-state index is 14.0. The molecule has 2 amide bonds. The Hall–Kier alpha value is -2.29. The number of hydrogen-bond donors (Lipinski definition) is 2. The van der Waals surface area contributed by atoms with Crippen molar-refractivity contribution in [3.63, 3.8) is 0 Å². The fourth-order valence-corrected chi connectivity index (χ4v) is 4.00. The summed E-state index contributed by atoms with van der Waals surface area (Å²) in [4.78, 5) is 28.4. The number of amides is 2. The first kappa shape index (κ1) is 23.4. The molecule has 8 heteroatoms. The number of hydrogen-bond acceptors (Lipinski definition) is 4.